The van der Waals surface area contributed by atoms with Gasteiger partial charge in [-0.2, -0.15) is 0 Å². The van der Waals surface area contributed by atoms with Crippen molar-refractivity contribution in [3.63, 3.8) is 0 Å². The third-order valence-corrected chi connectivity index (χ3v) is 4.18. The minimum absolute atomic E-state index is 0.570. The maximum atomic E-state index is 11.7. The van der Waals surface area contributed by atoms with E-state index in [4.69, 9.17) is 4.74 Å². The minimum Gasteiger partial charge on any atom is -0.494 e. The molecule has 0 saturated carbocycles. The van der Waals surface area contributed by atoms with Crippen LogP contribution in [0, 0.1) is 0 Å². The maximum Gasteiger partial charge on any atom is 0.232 e. The molecular weight excluding hydrogens is 250 g/mol. The number of rotatable bonds is 4. The van der Waals surface area contributed by atoms with E-state index < -0.39 is 10.0 Å². The zero-order valence-corrected chi connectivity index (χ0v) is 11.7. The molecule has 0 unspecified atom stereocenters. The average Bonchev–Trinajstić information content (AvgIpc) is 2.34. The number of sulfonamides is 1. The number of hydrogen-bond acceptors (Lipinski definition) is 3. The molecule has 0 N–H and O–H groups in total. The Bertz CT molecular complexity index is 525. The molecule has 0 atom stereocenters. The molecule has 0 saturated heterocycles. The highest BCUT2D eigenvalue weighted by atomic mass is 32.2. The first-order chi connectivity index (χ1) is 8.52. The summed E-state index contributed by atoms with van der Waals surface area (Å²) < 4.78 is 30.5. The van der Waals surface area contributed by atoms with Crippen molar-refractivity contribution < 1.29 is 13.2 Å². The highest BCUT2D eigenvalue weighted by Crippen LogP contribution is 2.31. The van der Waals surface area contributed by atoms with Crippen molar-refractivity contribution in [2.24, 2.45) is 0 Å². The van der Waals surface area contributed by atoms with Crippen LogP contribution in [0.15, 0.2) is 18.2 Å². The van der Waals surface area contributed by atoms with Gasteiger partial charge in [-0.05, 0) is 43.0 Å². The fourth-order valence-electron chi connectivity index (χ4n) is 2.19. The summed E-state index contributed by atoms with van der Waals surface area (Å²) in [6.07, 6.45) is 3.98. The molecule has 0 aromatic heterocycles. The molecule has 1 aliphatic rings. The summed E-state index contributed by atoms with van der Waals surface area (Å²) in [5.74, 6) is 0.825. The second-order valence-corrected chi connectivity index (χ2v) is 6.48. The van der Waals surface area contributed by atoms with E-state index in [1.165, 1.54) is 10.6 Å². The Balaban J connectivity index is 2.31. The van der Waals surface area contributed by atoms with Crippen molar-refractivity contribution in [2.75, 3.05) is 23.7 Å². The molecule has 1 aromatic carbocycles. The van der Waals surface area contributed by atoms with Gasteiger partial charge in [0.15, 0.2) is 0 Å². The molecule has 1 heterocycles. The van der Waals surface area contributed by atoms with Crippen LogP contribution in [-0.2, 0) is 16.4 Å². The fourth-order valence-corrected chi connectivity index (χ4v) is 3.19. The zero-order valence-electron chi connectivity index (χ0n) is 10.8. The third kappa shape index (κ3) is 2.77. The number of aryl methyl sites for hydroxylation is 1. The Morgan fingerprint density at radius 2 is 2.17 bits per heavy atom. The second kappa shape index (κ2) is 5.18. The van der Waals surface area contributed by atoms with E-state index in [-0.39, 0.29) is 0 Å². The largest absolute Gasteiger partial charge is 0.494 e. The molecule has 4 nitrogen and oxygen atoms in total. The van der Waals surface area contributed by atoms with E-state index in [9.17, 15) is 8.42 Å². The second-order valence-electron chi connectivity index (χ2n) is 4.58. The first-order valence-electron chi connectivity index (χ1n) is 6.26. The van der Waals surface area contributed by atoms with Crippen LogP contribution in [0.4, 0.5) is 5.69 Å². The first kappa shape index (κ1) is 13.2. The van der Waals surface area contributed by atoms with Crippen molar-refractivity contribution >= 4 is 15.7 Å². The zero-order chi connectivity index (χ0) is 13.2. The Labute approximate surface area is 109 Å². The standard InChI is InChI=1S/C13H19NO3S/c1-3-9-17-12-6-7-13-11(10-12)5-4-8-14(13)18(2,15)16/h6-7,10H,3-5,8-9H2,1-2H3. The SMILES string of the molecule is CCCOc1ccc2c(c1)CCCN2S(C)(=O)=O. The van der Waals surface area contributed by atoms with Crippen LogP contribution in [0.25, 0.3) is 0 Å². The smallest absolute Gasteiger partial charge is 0.232 e. The van der Waals surface area contributed by atoms with Gasteiger partial charge < -0.3 is 4.74 Å². The number of nitrogens with zero attached hydrogens (tertiary/aromatic N) is 1. The maximum absolute atomic E-state index is 11.7. The van der Waals surface area contributed by atoms with Crippen molar-refractivity contribution in [1.82, 2.24) is 0 Å². The summed E-state index contributed by atoms with van der Waals surface area (Å²) in [4.78, 5) is 0. The van der Waals surface area contributed by atoms with E-state index in [0.717, 1.165) is 36.3 Å². The highest BCUT2D eigenvalue weighted by Gasteiger charge is 2.24. The molecule has 5 heteroatoms. The van der Waals surface area contributed by atoms with E-state index in [0.29, 0.717) is 13.2 Å². The van der Waals surface area contributed by atoms with Crippen LogP contribution in [0.5, 0.6) is 5.75 Å². The molecule has 0 aliphatic carbocycles. The summed E-state index contributed by atoms with van der Waals surface area (Å²) >= 11 is 0. The summed E-state index contributed by atoms with van der Waals surface area (Å²) in [5, 5.41) is 0. The summed E-state index contributed by atoms with van der Waals surface area (Å²) in [6, 6.07) is 5.65. The lowest BCUT2D eigenvalue weighted by atomic mass is 10.0. The van der Waals surface area contributed by atoms with E-state index in [1.807, 2.05) is 18.2 Å². The van der Waals surface area contributed by atoms with E-state index in [1.54, 1.807) is 0 Å². The van der Waals surface area contributed by atoms with Crippen LogP contribution < -0.4 is 9.04 Å². The van der Waals surface area contributed by atoms with Gasteiger partial charge in [0.25, 0.3) is 0 Å². The van der Waals surface area contributed by atoms with Gasteiger partial charge in [0.1, 0.15) is 5.75 Å². The Kier molecular flexibility index (Phi) is 3.80. The van der Waals surface area contributed by atoms with Gasteiger partial charge in [-0.25, -0.2) is 8.42 Å². The van der Waals surface area contributed by atoms with Crippen molar-refractivity contribution in [3.8, 4) is 5.75 Å². The van der Waals surface area contributed by atoms with Gasteiger partial charge in [-0.3, -0.25) is 4.31 Å². The molecule has 0 spiro atoms. The van der Waals surface area contributed by atoms with Crippen molar-refractivity contribution in [3.05, 3.63) is 23.8 Å². The molecule has 100 valence electrons. The molecule has 0 radical (unpaired) electrons. The lowest BCUT2D eigenvalue weighted by Gasteiger charge is -2.29. The number of fused-ring (bicyclic) bond motifs is 1. The van der Waals surface area contributed by atoms with Gasteiger partial charge >= 0.3 is 0 Å². The van der Waals surface area contributed by atoms with Crippen LogP contribution in [0.2, 0.25) is 0 Å². The van der Waals surface area contributed by atoms with Gasteiger partial charge in [-0.1, -0.05) is 6.92 Å². The van der Waals surface area contributed by atoms with E-state index in [2.05, 4.69) is 6.92 Å². The monoisotopic (exact) mass is 269 g/mol. The number of benzene rings is 1. The lowest BCUT2D eigenvalue weighted by Crippen LogP contribution is -2.34. The molecule has 1 aliphatic heterocycles. The predicted octanol–water partition coefficient (Wildman–Crippen LogP) is 2.19. The minimum atomic E-state index is -3.18. The lowest BCUT2D eigenvalue weighted by molar-refractivity contribution is 0.317. The molecular formula is C13H19NO3S. The average molecular weight is 269 g/mol. The molecule has 1 aromatic rings. The third-order valence-electron chi connectivity index (χ3n) is 3.00. The van der Waals surface area contributed by atoms with Crippen LogP contribution >= 0.6 is 0 Å². The quantitative estimate of drug-likeness (QED) is 0.841. The van der Waals surface area contributed by atoms with Gasteiger partial charge in [-0.15, -0.1) is 0 Å². The van der Waals surface area contributed by atoms with Crippen LogP contribution in [0.3, 0.4) is 0 Å². The molecule has 0 bridgehead atoms. The molecule has 18 heavy (non-hydrogen) atoms. The fraction of sp³-hybridized carbons (Fsp3) is 0.538. The predicted molar refractivity (Wildman–Crippen MR) is 72.7 cm³/mol. The van der Waals surface area contributed by atoms with Gasteiger partial charge in [0.05, 0.1) is 18.6 Å². The Morgan fingerprint density at radius 1 is 1.39 bits per heavy atom. The molecule has 2 rings (SSSR count). The van der Waals surface area contributed by atoms with Gasteiger partial charge in [0, 0.05) is 6.54 Å². The molecule has 0 fully saturated rings. The van der Waals surface area contributed by atoms with Crippen molar-refractivity contribution in [1.29, 1.82) is 0 Å². The van der Waals surface area contributed by atoms with Crippen molar-refractivity contribution in [2.45, 2.75) is 26.2 Å². The number of ether oxygens (including phenoxy) is 1. The summed E-state index contributed by atoms with van der Waals surface area (Å²) in [7, 11) is -3.18. The molecule has 0 amide bonds. The first-order valence-corrected chi connectivity index (χ1v) is 8.10. The van der Waals surface area contributed by atoms with Crippen LogP contribution in [0.1, 0.15) is 25.3 Å². The normalized spacial score (nSPS) is 15.3. The number of anilines is 1. The Morgan fingerprint density at radius 3 is 2.83 bits per heavy atom. The topological polar surface area (TPSA) is 46.6 Å². The highest BCUT2D eigenvalue weighted by molar-refractivity contribution is 7.92. The van der Waals surface area contributed by atoms with Crippen LogP contribution in [-0.4, -0.2) is 27.8 Å². The summed E-state index contributed by atoms with van der Waals surface area (Å²) in [5.41, 5.74) is 1.85. The summed E-state index contributed by atoms with van der Waals surface area (Å²) in [6.45, 7) is 3.32. The van der Waals surface area contributed by atoms with E-state index >= 15 is 0 Å². The Hall–Kier alpha value is -1.23. The van der Waals surface area contributed by atoms with Gasteiger partial charge in [0.2, 0.25) is 10.0 Å². The number of hydrogen-bond donors (Lipinski definition) is 0.